The molecule has 0 aliphatic heterocycles. The maximum absolute atomic E-state index is 4.56. The number of anilines is 1. The summed E-state index contributed by atoms with van der Waals surface area (Å²) in [5.41, 5.74) is 1.76. The Morgan fingerprint density at radius 1 is 1.10 bits per heavy atom. The summed E-state index contributed by atoms with van der Waals surface area (Å²) in [6.45, 7) is 2.27. The van der Waals surface area contributed by atoms with Crippen LogP contribution in [0.4, 0.5) is 5.95 Å². The lowest BCUT2D eigenvalue weighted by atomic mass is 9.84. The Morgan fingerprint density at radius 2 is 1.95 bits per heavy atom. The highest BCUT2D eigenvalue weighted by molar-refractivity contribution is 5.74. The maximum atomic E-state index is 4.56. The third kappa shape index (κ3) is 2.03. The van der Waals surface area contributed by atoms with Gasteiger partial charge in [-0.1, -0.05) is 18.6 Å². The second-order valence-corrected chi connectivity index (χ2v) is 6.40. The number of aromatic nitrogens is 3. The predicted molar refractivity (Wildman–Crippen MR) is 79.4 cm³/mol. The largest absolute Gasteiger partial charge is 0.350 e. The third-order valence-corrected chi connectivity index (χ3v) is 5.15. The van der Waals surface area contributed by atoms with E-state index in [1.165, 1.54) is 25.7 Å². The Labute approximate surface area is 119 Å². The van der Waals surface area contributed by atoms with Crippen molar-refractivity contribution in [1.29, 1.82) is 0 Å². The standard InChI is InChI=1S/C16H20N4/c1-10(13-9-11-6-7-12(13)8-11)17-16-18-14-4-2-3-5-15(14)19-20-16/h2-5,10-13H,6-9H2,1H3,(H,17,18,20). The van der Waals surface area contributed by atoms with E-state index in [1.54, 1.807) is 0 Å². The van der Waals surface area contributed by atoms with Crippen LogP contribution in [0.25, 0.3) is 11.0 Å². The summed E-state index contributed by atoms with van der Waals surface area (Å²) in [4.78, 5) is 4.56. The fourth-order valence-corrected chi connectivity index (χ4v) is 4.16. The Morgan fingerprint density at radius 3 is 2.70 bits per heavy atom. The summed E-state index contributed by atoms with van der Waals surface area (Å²) >= 11 is 0. The Balaban J connectivity index is 1.52. The van der Waals surface area contributed by atoms with Crippen molar-refractivity contribution in [3.8, 4) is 0 Å². The maximum Gasteiger partial charge on any atom is 0.243 e. The molecule has 0 saturated heterocycles. The quantitative estimate of drug-likeness (QED) is 0.928. The van der Waals surface area contributed by atoms with E-state index < -0.39 is 0 Å². The Hall–Kier alpha value is -1.71. The number of nitrogens with one attached hydrogen (secondary N) is 1. The van der Waals surface area contributed by atoms with Crippen LogP contribution in [0, 0.1) is 17.8 Å². The molecule has 4 heteroatoms. The molecule has 20 heavy (non-hydrogen) atoms. The fourth-order valence-electron chi connectivity index (χ4n) is 4.16. The molecule has 2 fully saturated rings. The first-order chi connectivity index (χ1) is 9.79. The average Bonchev–Trinajstić information content (AvgIpc) is 3.10. The van der Waals surface area contributed by atoms with Crippen LogP contribution in [0.3, 0.4) is 0 Å². The van der Waals surface area contributed by atoms with Crippen LogP contribution in [-0.2, 0) is 0 Å². The van der Waals surface area contributed by atoms with Gasteiger partial charge in [0.05, 0.1) is 5.52 Å². The van der Waals surface area contributed by atoms with Gasteiger partial charge in [0.25, 0.3) is 0 Å². The highest BCUT2D eigenvalue weighted by Crippen LogP contribution is 2.49. The highest BCUT2D eigenvalue weighted by atomic mass is 15.2. The molecule has 2 aliphatic rings. The summed E-state index contributed by atoms with van der Waals surface area (Å²) in [5.74, 6) is 3.34. The summed E-state index contributed by atoms with van der Waals surface area (Å²) in [6, 6.07) is 8.31. The molecule has 2 aliphatic carbocycles. The molecule has 4 nitrogen and oxygen atoms in total. The van der Waals surface area contributed by atoms with Crippen molar-refractivity contribution in [3.63, 3.8) is 0 Å². The van der Waals surface area contributed by atoms with Crippen molar-refractivity contribution in [2.75, 3.05) is 5.32 Å². The van der Waals surface area contributed by atoms with E-state index in [1.807, 2.05) is 24.3 Å². The number of hydrogen-bond acceptors (Lipinski definition) is 4. The van der Waals surface area contributed by atoms with Gasteiger partial charge in [0.15, 0.2) is 0 Å². The van der Waals surface area contributed by atoms with Gasteiger partial charge in [-0.3, -0.25) is 0 Å². The first kappa shape index (κ1) is 12.1. The fraction of sp³-hybridized carbons (Fsp3) is 0.562. The van der Waals surface area contributed by atoms with E-state index in [2.05, 4.69) is 27.4 Å². The van der Waals surface area contributed by atoms with E-state index in [4.69, 9.17) is 0 Å². The topological polar surface area (TPSA) is 50.7 Å². The summed E-state index contributed by atoms with van der Waals surface area (Å²) in [5, 5.41) is 11.9. The molecule has 2 bridgehead atoms. The number of para-hydroxylation sites is 1. The lowest BCUT2D eigenvalue weighted by Gasteiger charge is -2.28. The van der Waals surface area contributed by atoms with Gasteiger partial charge in [0, 0.05) is 6.04 Å². The van der Waals surface area contributed by atoms with Crippen LogP contribution in [-0.4, -0.2) is 21.2 Å². The predicted octanol–water partition coefficient (Wildman–Crippen LogP) is 3.26. The summed E-state index contributed by atoms with van der Waals surface area (Å²) < 4.78 is 0. The van der Waals surface area contributed by atoms with Crippen LogP contribution in [0.2, 0.25) is 0 Å². The summed E-state index contributed by atoms with van der Waals surface area (Å²) in [7, 11) is 0. The van der Waals surface area contributed by atoms with Crippen molar-refractivity contribution in [1.82, 2.24) is 15.2 Å². The van der Waals surface area contributed by atoms with Gasteiger partial charge in [0.2, 0.25) is 5.95 Å². The molecule has 0 spiro atoms. The molecule has 2 aromatic rings. The minimum absolute atomic E-state index is 0.438. The number of benzene rings is 1. The SMILES string of the molecule is CC(Nc1nnc2ccccc2n1)C1CC2CCC1C2. The zero-order chi connectivity index (χ0) is 13.5. The van der Waals surface area contributed by atoms with E-state index in [-0.39, 0.29) is 0 Å². The zero-order valence-corrected chi connectivity index (χ0v) is 11.8. The molecule has 4 atom stereocenters. The number of rotatable bonds is 3. The molecule has 0 amide bonds. The third-order valence-electron chi connectivity index (χ3n) is 5.15. The van der Waals surface area contributed by atoms with Crippen LogP contribution in [0.15, 0.2) is 24.3 Å². The lowest BCUT2D eigenvalue weighted by molar-refractivity contribution is 0.303. The van der Waals surface area contributed by atoms with Crippen LogP contribution < -0.4 is 5.32 Å². The second-order valence-electron chi connectivity index (χ2n) is 6.40. The van der Waals surface area contributed by atoms with Gasteiger partial charge in [-0.05, 0) is 56.1 Å². The first-order valence-electron chi connectivity index (χ1n) is 7.65. The van der Waals surface area contributed by atoms with Crippen LogP contribution in [0.5, 0.6) is 0 Å². The van der Waals surface area contributed by atoms with Gasteiger partial charge in [0.1, 0.15) is 5.52 Å². The smallest absolute Gasteiger partial charge is 0.243 e. The normalized spacial score (nSPS) is 29.8. The molecule has 1 N–H and O–H groups in total. The molecule has 104 valence electrons. The highest BCUT2D eigenvalue weighted by Gasteiger charge is 2.41. The monoisotopic (exact) mass is 268 g/mol. The van der Waals surface area contributed by atoms with Gasteiger partial charge in [-0.2, -0.15) is 0 Å². The second kappa shape index (κ2) is 4.69. The molecule has 1 aromatic heterocycles. The van der Waals surface area contributed by atoms with Crippen molar-refractivity contribution in [3.05, 3.63) is 24.3 Å². The molecular weight excluding hydrogens is 248 g/mol. The summed E-state index contributed by atoms with van der Waals surface area (Å²) in [6.07, 6.45) is 5.67. The van der Waals surface area contributed by atoms with Crippen LogP contribution in [0.1, 0.15) is 32.6 Å². The molecule has 1 aromatic carbocycles. The van der Waals surface area contributed by atoms with Crippen molar-refractivity contribution < 1.29 is 0 Å². The van der Waals surface area contributed by atoms with Crippen molar-refractivity contribution in [2.45, 2.75) is 38.6 Å². The average molecular weight is 268 g/mol. The molecule has 4 rings (SSSR count). The van der Waals surface area contributed by atoms with Crippen LogP contribution >= 0.6 is 0 Å². The van der Waals surface area contributed by atoms with Gasteiger partial charge >= 0.3 is 0 Å². The van der Waals surface area contributed by atoms with E-state index in [0.29, 0.717) is 12.0 Å². The van der Waals surface area contributed by atoms with E-state index in [9.17, 15) is 0 Å². The minimum atomic E-state index is 0.438. The zero-order valence-electron chi connectivity index (χ0n) is 11.8. The van der Waals surface area contributed by atoms with E-state index in [0.717, 1.165) is 28.8 Å². The Bertz CT molecular complexity index is 627. The number of nitrogens with zero attached hydrogens (tertiary/aromatic N) is 3. The number of fused-ring (bicyclic) bond motifs is 3. The van der Waals surface area contributed by atoms with Crippen molar-refractivity contribution >= 4 is 17.0 Å². The van der Waals surface area contributed by atoms with Gasteiger partial charge in [-0.15, -0.1) is 10.2 Å². The van der Waals surface area contributed by atoms with Crippen molar-refractivity contribution in [2.24, 2.45) is 17.8 Å². The molecule has 2 saturated carbocycles. The first-order valence-corrected chi connectivity index (χ1v) is 7.65. The Kier molecular flexibility index (Phi) is 2.83. The minimum Gasteiger partial charge on any atom is -0.350 e. The molecule has 0 radical (unpaired) electrons. The van der Waals surface area contributed by atoms with Gasteiger partial charge in [-0.25, -0.2) is 4.98 Å². The van der Waals surface area contributed by atoms with Gasteiger partial charge < -0.3 is 5.32 Å². The molecule has 1 heterocycles. The van der Waals surface area contributed by atoms with E-state index >= 15 is 0 Å². The lowest BCUT2D eigenvalue weighted by Crippen LogP contribution is -2.30. The number of hydrogen-bond donors (Lipinski definition) is 1. The molecular formula is C16H20N4. The molecule has 4 unspecified atom stereocenters.